The van der Waals surface area contributed by atoms with E-state index in [1.54, 1.807) is 18.2 Å². The molecule has 1 aromatic carbocycles. The number of benzene rings is 1. The standard InChI is InChI=1S/C29H29ClFNO7S/c1-5-24-27(36-15(2)33)29(38-17(4)35)28(37-16(3)34)26(39-24)18-6-9-22(30)19(12-18)13-21-8-11-25(40-21)23-10-7-20(31)14-32-23/h6-12,14,24,26-29H,5,13H2,1-4H3/t24-,26?,27-,28+,29+/m1/s1. The zero-order valence-corrected chi connectivity index (χ0v) is 24.0. The fourth-order valence-electron chi connectivity index (χ4n) is 4.72. The second-order valence-corrected chi connectivity index (χ2v) is 11.0. The zero-order chi connectivity index (χ0) is 29.0. The summed E-state index contributed by atoms with van der Waals surface area (Å²) in [5, 5.41) is 0.528. The van der Waals surface area contributed by atoms with Crippen molar-refractivity contribution in [3.63, 3.8) is 0 Å². The van der Waals surface area contributed by atoms with E-state index in [2.05, 4.69) is 4.98 Å². The maximum atomic E-state index is 13.3. The fraction of sp³-hybridized carbons (Fsp3) is 0.379. The van der Waals surface area contributed by atoms with Crippen LogP contribution in [0.4, 0.5) is 4.39 Å². The van der Waals surface area contributed by atoms with E-state index in [0.717, 1.165) is 15.3 Å². The quantitative estimate of drug-likeness (QED) is 0.239. The molecule has 0 bridgehead atoms. The lowest BCUT2D eigenvalue weighted by molar-refractivity contribution is -0.249. The van der Waals surface area contributed by atoms with Crippen LogP contribution in [0.2, 0.25) is 5.02 Å². The second kappa shape index (κ2) is 12.9. The minimum Gasteiger partial charge on any atom is -0.456 e. The molecule has 1 unspecified atom stereocenters. The average Bonchev–Trinajstić information content (AvgIpc) is 3.35. The Hall–Kier alpha value is -3.34. The average molecular weight is 590 g/mol. The Labute approximate surface area is 240 Å². The number of halogens is 2. The molecule has 0 aliphatic carbocycles. The molecule has 8 nitrogen and oxygen atoms in total. The topological polar surface area (TPSA) is 101 Å². The van der Waals surface area contributed by atoms with Gasteiger partial charge in [-0.1, -0.05) is 30.7 Å². The van der Waals surface area contributed by atoms with E-state index in [4.69, 9.17) is 30.5 Å². The molecule has 1 aliphatic rings. The Morgan fingerprint density at radius 2 is 1.62 bits per heavy atom. The largest absolute Gasteiger partial charge is 0.456 e. The second-order valence-electron chi connectivity index (χ2n) is 9.38. The first kappa shape index (κ1) is 29.6. The van der Waals surface area contributed by atoms with E-state index in [9.17, 15) is 18.8 Å². The molecule has 1 aliphatic heterocycles. The van der Waals surface area contributed by atoms with Crippen molar-refractivity contribution >= 4 is 40.8 Å². The molecule has 4 rings (SSSR count). The predicted octanol–water partition coefficient (Wildman–Crippen LogP) is 5.84. The third kappa shape index (κ3) is 7.04. The van der Waals surface area contributed by atoms with Gasteiger partial charge in [0.1, 0.15) is 11.9 Å². The summed E-state index contributed by atoms with van der Waals surface area (Å²) in [5.41, 5.74) is 2.12. The van der Waals surface area contributed by atoms with Crippen molar-refractivity contribution in [1.82, 2.24) is 4.98 Å². The lowest BCUT2D eigenvalue weighted by atomic mass is 9.88. The van der Waals surface area contributed by atoms with Gasteiger partial charge in [-0.2, -0.15) is 0 Å². The van der Waals surface area contributed by atoms with Crippen LogP contribution in [-0.4, -0.2) is 47.3 Å². The molecule has 212 valence electrons. The number of nitrogens with zero attached hydrogens (tertiary/aromatic N) is 1. The molecule has 0 saturated carbocycles. The third-order valence-corrected chi connectivity index (χ3v) is 7.82. The van der Waals surface area contributed by atoms with Crippen LogP contribution in [0.5, 0.6) is 0 Å². The number of esters is 3. The van der Waals surface area contributed by atoms with Crippen LogP contribution in [0.3, 0.4) is 0 Å². The molecule has 11 heteroatoms. The minimum atomic E-state index is -1.09. The smallest absolute Gasteiger partial charge is 0.303 e. The lowest BCUT2D eigenvalue weighted by Crippen LogP contribution is -2.58. The number of rotatable bonds is 8. The Balaban J connectivity index is 1.67. The van der Waals surface area contributed by atoms with E-state index >= 15 is 0 Å². The number of hydrogen-bond acceptors (Lipinski definition) is 9. The molecular weight excluding hydrogens is 561 g/mol. The van der Waals surface area contributed by atoms with Gasteiger partial charge < -0.3 is 18.9 Å². The number of carbonyl (C=O) groups excluding carboxylic acids is 3. The molecule has 1 saturated heterocycles. The Bertz CT molecular complexity index is 1380. The van der Waals surface area contributed by atoms with Gasteiger partial charge in [-0.3, -0.25) is 19.4 Å². The van der Waals surface area contributed by atoms with E-state index in [1.165, 1.54) is 44.4 Å². The van der Waals surface area contributed by atoms with Crippen molar-refractivity contribution in [1.29, 1.82) is 0 Å². The molecule has 5 atom stereocenters. The summed E-state index contributed by atoms with van der Waals surface area (Å²) in [6.45, 7) is 5.58. The highest BCUT2D eigenvalue weighted by Crippen LogP contribution is 2.40. The van der Waals surface area contributed by atoms with Crippen LogP contribution in [0, 0.1) is 5.82 Å². The molecule has 0 spiro atoms. The molecule has 3 heterocycles. The van der Waals surface area contributed by atoms with E-state index in [-0.39, 0.29) is 0 Å². The highest BCUT2D eigenvalue weighted by atomic mass is 35.5. The van der Waals surface area contributed by atoms with Crippen LogP contribution < -0.4 is 0 Å². The predicted molar refractivity (Wildman–Crippen MR) is 146 cm³/mol. The summed E-state index contributed by atoms with van der Waals surface area (Å²) in [6.07, 6.45) is -2.49. The number of thiophene rings is 1. The van der Waals surface area contributed by atoms with Gasteiger partial charge in [0.05, 0.1) is 22.9 Å². The van der Waals surface area contributed by atoms with Crippen LogP contribution >= 0.6 is 22.9 Å². The van der Waals surface area contributed by atoms with Crippen LogP contribution in [0.25, 0.3) is 10.6 Å². The van der Waals surface area contributed by atoms with Gasteiger partial charge in [0.25, 0.3) is 0 Å². The number of aromatic nitrogens is 1. The lowest BCUT2D eigenvalue weighted by Gasteiger charge is -2.44. The normalized spacial score (nSPS) is 22.4. The fourth-order valence-corrected chi connectivity index (χ4v) is 5.91. The molecule has 1 fully saturated rings. The summed E-state index contributed by atoms with van der Waals surface area (Å²) >= 11 is 8.09. The van der Waals surface area contributed by atoms with E-state index in [0.29, 0.717) is 29.1 Å². The number of carbonyl (C=O) groups is 3. The Kier molecular flexibility index (Phi) is 9.55. The SMILES string of the molecule is CC[C@H]1OC(c2ccc(Cl)c(Cc3ccc(-c4ccc(F)cn4)s3)c2)[C@H](OC(C)=O)[C@@H](OC(C)=O)[C@@H]1OC(C)=O. The van der Waals surface area contributed by atoms with Crippen molar-refractivity contribution in [2.75, 3.05) is 0 Å². The van der Waals surface area contributed by atoms with Crippen molar-refractivity contribution < 1.29 is 37.7 Å². The summed E-state index contributed by atoms with van der Waals surface area (Å²) in [6, 6.07) is 12.2. The highest BCUT2D eigenvalue weighted by Gasteiger charge is 2.51. The first-order valence-corrected chi connectivity index (χ1v) is 13.9. The summed E-state index contributed by atoms with van der Waals surface area (Å²) in [7, 11) is 0. The van der Waals surface area contributed by atoms with Crippen LogP contribution in [0.15, 0.2) is 48.7 Å². The maximum absolute atomic E-state index is 13.3. The van der Waals surface area contributed by atoms with Gasteiger partial charge in [0.2, 0.25) is 0 Å². The van der Waals surface area contributed by atoms with Gasteiger partial charge in [0.15, 0.2) is 18.3 Å². The molecule has 40 heavy (non-hydrogen) atoms. The van der Waals surface area contributed by atoms with Gasteiger partial charge in [-0.05, 0) is 47.9 Å². The van der Waals surface area contributed by atoms with Gasteiger partial charge in [-0.25, -0.2) is 4.39 Å². The maximum Gasteiger partial charge on any atom is 0.303 e. The van der Waals surface area contributed by atoms with Crippen molar-refractivity contribution in [2.24, 2.45) is 0 Å². The monoisotopic (exact) mass is 589 g/mol. The molecule has 0 radical (unpaired) electrons. The summed E-state index contributed by atoms with van der Waals surface area (Å²) < 4.78 is 36.3. The highest BCUT2D eigenvalue weighted by molar-refractivity contribution is 7.15. The zero-order valence-electron chi connectivity index (χ0n) is 22.4. The van der Waals surface area contributed by atoms with E-state index in [1.807, 2.05) is 25.1 Å². The first-order chi connectivity index (χ1) is 19.0. The number of ether oxygens (including phenoxy) is 4. The summed E-state index contributed by atoms with van der Waals surface area (Å²) in [4.78, 5) is 42.1. The molecule has 0 amide bonds. The van der Waals surface area contributed by atoms with Crippen molar-refractivity contribution in [3.8, 4) is 10.6 Å². The van der Waals surface area contributed by atoms with Crippen LogP contribution in [-0.2, 0) is 39.8 Å². The van der Waals surface area contributed by atoms with Gasteiger partial charge >= 0.3 is 17.9 Å². The van der Waals surface area contributed by atoms with E-state index < -0.39 is 54.2 Å². The third-order valence-electron chi connectivity index (χ3n) is 6.35. The van der Waals surface area contributed by atoms with Gasteiger partial charge in [0, 0.05) is 37.1 Å². The Morgan fingerprint density at radius 3 is 2.25 bits per heavy atom. The Morgan fingerprint density at radius 1 is 0.950 bits per heavy atom. The number of pyridine rings is 1. The molecule has 2 aromatic heterocycles. The first-order valence-electron chi connectivity index (χ1n) is 12.7. The molecular formula is C29H29ClFNO7S. The van der Waals surface area contributed by atoms with Crippen molar-refractivity contribution in [2.45, 2.75) is 71.1 Å². The molecule has 0 N–H and O–H groups in total. The number of hydrogen-bond donors (Lipinski definition) is 0. The summed E-state index contributed by atoms with van der Waals surface area (Å²) in [5.74, 6) is -2.21. The van der Waals surface area contributed by atoms with Crippen molar-refractivity contribution in [3.05, 3.63) is 75.5 Å². The molecule has 3 aromatic rings. The van der Waals surface area contributed by atoms with Gasteiger partial charge in [-0.15, -0.1) is 11.3 Å². The van der Waals surface area contributed by atoms with Crippen LogP contribution in [0.1, 0.15) is 56.2 Å². The minimum absolute atomic E-state index is 0.401.